The number of rotatable bonds is 8. The zero-order chi connectivity index (χ0) is 24.4. The molecule has 0 bridgehead atoms. The van der Waals surface area contributed by atoms with E-state index in [0.29, 0.717) is 29.4 Å². The maximum Gasteiger partial charge on any atom is 0.324 e. The summed E-state index contributed by atoms with van der Waals surface area (Å²) in [6.07, 6.45) is 3.60. The van der Waals surface area contributed by atoms with E-state index in [0.717, 1.165) is 53.4 Å². The Kier molecular flexibility index (Phi) is 7.02. The number of anilines is 1. The maximum atomic E-state index is 10.8. The summed E-state index contributed by atoms with van der Waals surface area (Å²) < 4.78 is 33.1. The van der Waals surface area contributed by atoms with Crippen LogP contribution in [0.15, 0.2) is 35.0 Å². The van der Waals surface area contributed by atoms with E-state index in [-0.39, 0.29) is 11.7 Å². The molecule has 1 saturated heterocycles. The van der Waals surface area contributed by atoms with Gasteiger partial charge in [-0.2, -0.15) is 4.98 Å². The minimum Gasteiger partial charge on any atom is -0.772 e. The molecule has 4 aromatic rings. The first-order valence-electron chi connectivity index (χ1n) is 11.4. The van der Waals surface area contributed by atoms with Crippen LogP contribution in [0.5, 0.6) is 5.19 Å². The lowest BCUT2D eigenvalue weighted by atomic mass is 9.98. The van der Waals surface area contributed by atoms with E-state index in [1.165, 1.54) is 11.3 Å². The van der Waals surface area contributed by atoms with Crippen LogP contribution >= 0.6 is 11.3 Å². The summed E-state index contributed by atoms with van der Waals surface area (Å²) in [5.41, 5.74) is 2.85. The first-order valence-corrected chi connectivity index (χ1v) is 13.5. The van der Waals surface area contributed by atoms with E-state index < -0.39 is 11.1 Å². The summed E-state index contributed by atoms with van der Waals surface area (Å²) in [5.74, 6) is 1.32. The third-order valence-electron chi connectivity index (χ3n) is 5.90. The highest BCUT2D eigenvalue weighted by Gasteiger charge is 2.24. The molecule has 5 rings (SSSR count). The van der Waals surface area contributed by atoms with Crippen LogP contribution in [0.2, 0.25) is 0 Å². The van der Waals surface area contributed by atoms with Gasteiger partial charge in [0, 0.05) is 30.8 Å². The lowest BCUT2D eigenvalue weighted by molar-refractivity contribution is 0.219. The highest BCUT2D eigenvalue weighted by atomic mass is 32.2. The molecule has 0 amide bonds. The first kappa shape index (κ1) is 23.8. The van der Waals surface area contributed by atoms with Gasteiger partial charge in [0.05, 0.1) is 23.7 Å². The van der Waals surface area contributed by atoms with E-state index in [9.17, 15) is 8.76 Å². The minimum absolute atomic E-state index is 0.0999. The molecule has 1 aliphatic rings. The maximum absolute atomic E-state index is 10.8. The zero-order valence-corrected chi connectivity index (χ0v) is 21.0. The Bertz CT molecular complexity index is 1320. The third-order valence-corrected chi connectivity index (χ3v) is 7.31. The van der Waals surface area contributed by atoms with Crippen molar-refractivity contribution in [2.24, 2.45) is 5.92 Å². The summed E-state index contributed by atoms with van der Waals surface area (Å²) >= 11 is -0.741. The van der Waals surface area contributed by atoms with Crippen molar-refractivity contribution in [1.82, 2.24) is 25.1 Å². The molecule has 5 heterocycles. The minimum atomic E-state index is -2.16. The molecule has 35 heavy (non-hydrogen) atoms. The van der Waals surface area contributed by atoms with Crippen LogP contribution < -0.4 is 9.64 Å². The smallest absolute Gasteiger partial charge is 0.324 e. The predicted molar refractivity (Wildman–Crippen MR) is 132 cm³/mol. The first-order chi connectivity index (χ1) is 16.9. The number of fused-ring (bicyclic) bond motifs is 1. The number of hydrogen-bond donors (Lipinski definition) is 0. The number of ether oxygens (including phenoxy) is 1. The van der Waals surface area contributed by atoms with Crippen molar-refractivity contribution in [3.8, 4) is 16.5 Å². The van der Waals surface area contributed by atoms with Crippen LogP contribution in [0, 0.1) is 5.92 Å². The van der Waals surface area contributed by atoms with Gasteiger partial charge in [-0.15, -0.1) is 0 Å². The Balaban J connectivity index is 1.17. The fraction of sp³-hybridized carbons (Fsp3) is 0.435. The average molecular weight is 514 g/mol. The van der Waals surface area contributed by atoms with Gasteiger partial charge in [0.1, 0.15) is 10.3 Å². The topological polar surface area (TPSA) is 130 Å². The number of thiazole rings is 1. The third kappa shape index (κ3) is 5.65. The number of nitrogens with zero attached hydrogens (tertiary/aromatic N) is 6. The molecule has 0 aliphatic carbocycles. The Morgan fingerprint density at radius 1 is 1.20 bits per heavy atom. The van der Waals surface area contributed by atoms with Crippen molar-refractivity contribution in [2.75, 3.05) is 24.6 Å². The van der Waals surface area contributed by atoms with Crippen molar-refractivity contribution in [1.29, 1.82) is 0 Å². The predicted octanol–water partition coefficient (Wildman–Crippen LogP) is 3.93. The molecular formula is C23H25N6O4S2-. The number of piperidine rings is 1. The number of aromatic nitrogens is 5. The van der Waals surface area contributed by atoms with Crippen LogP contribution in [0.4, 0.5) is 6.01 Å². The number of hydrogen-bond acceptors (Lipinski definition) is 11. The molecule has 1 fully saturated rings. The molecule has 1 unspecified atom stereocenters. The molecule has 4 aromatic heterocycles. The Labute approximate surface area is 209 Å². The van der Waals surface area contributed by atoms with Crippen LogP contribution in [-0.4, -0.2) is 53.6 Å². The van der Waals surface area contributed by atoms with Gasteiger partial charge in [0.25, 0.3) is 5.19 Å². The van der Waals surface area contributed by atoms with Gasteiger partial charge in [-0.05, 0) is 54.1 Å². The molecule has 0 spiro atoms. The second-order valence-electron chi connectivity index (χ2n) is 8.82. The average Bonchev–Trinajstić information content (AvgIpc) is 3.50. The van der Waals surface area contributed by atoms with E-state index in [1.807, 2.05) is 32.0 Å². The monoisotopic (exact) mass is 513 g/mol. The highest BCUT2D eigenvalue weighted by Crippen LogP contribution is 2.30. The molecule has 0 aromatic carbocycles. The van der Waals surface area contributed by atoms with Crippen LogP contribution in [0.3, 0.4) is 0 Å². The van der Waals surface area contributed by atoms with Crippen molar-refractivity contribution in [2.45, 2.75) is 38.4 Å². The van der Waals surface area contributed by atoms with E-state index in [1.54, 1.807) is 12.3 Å². The summed E-state index contributed by atoms with van der Waals surface area (Å²) in [4.78, 5) is 20.9. The van der Waals surface area contributed by atoms with E-state index >= 15 is 0 Å². The number of pyridine rings is 2. The summed E-state index contributed by atoms with van der Waals surface area (Å²) in [7, 11) is 0. The fourth-order valence-corrected chi connectivity index (χ4v) is 5.08. The van der Waals surface area contributed by atoms with Crippen molar-refractivity contribution in [3.05, 3.63) is 42.0 Å². The zero-order valence-electron chi connectivity index (χ0n) is 19.4. The fourth-order valence-electron chi connectivity index (χ4n) is 3.87. The summed E-state index contributed by atoms with van der Waals surface area (Å²) in [6, 6.07) is 7.92. The molecule has 1 aliphatic heterocycles. The van der Waals surface area contributed by atoms with Gasteiger partial charge in [0.2, 0.25) is 0 Å². The molecule has 0 radical (unpaired) electrons. The van der Waals surface area contributed by atoms with Crippen LogP contribution in [0.25, 0.3) is 21.6 Å². The standard InChI is InChI=1S/C23H26N6O4S2/c1-14(2)20-27-22(33-28-20)29-9-7-15(8-10-29)12-32-23-26-19-6-5-18(25-21(19)34-23)16-3-4-17(24-11-16)13-35(30)31/h3-6,11,14-15H,7-10,12-13H2,1-2H3,(H,30,31)/p-1. The van der Waals surface area contributed by atoms with Gasteiger partial charge in [-0.25, -0.2) is 9.97 Å². The van der Waals surface area contributed by atoms with E-state index in [2.05, 4.69) is 25.0 Å². The Hall–Kier alpha value is -2.96. The second kappa shape index (κ2) is 10.3. The Morgan fingerprint density at radius 2 is 2.03 bits per heavy atom. The Morgan fingerprint density at radius 3 is 2.71 bits per heavy atom. The molecule has 0 N–H and O–H groups in total. The van der Waals surface area contributed by atoms with E-state index in [4.69, 9.17) is 14.2 Å². The summed E-state index contributed by atoms with van der Waals surface area (Å²) in [6.45, 7) is 6.42. The lowest BCUT2D eigenvalue weighted by Gasteiger charge is -2.30. The lowest BCUT2D eigenvalue weighted by Crippen LogP contribution is -2.35. The molecule has 184 valence electrons. The molecule has 10 nitrogen and oxygen atoms in total. The highest BCUT2D eigenvalue weighted by molar-refractivity contribution is 7.78. The van der Waals surface area contributed by atoms with Crippen LogP contribution in [0.1, 0.15) is 44.1 Å². The van der Waals surface area contributed by atoms with Gasteiger partial charge >= 0.3 is 6.01 Å². The second-order valence-corrected chi connectivity index (χ2v) is 10.7. The molecule has 12 heteroatoms. The van der Waals surface area contributed by atoms with Gasteiger partial charge < -0.3 is 18.7 Å². The van der Waals surface area contributed by atoms with Crippen molar-refractivity contribution in [3.63, 3.8) is 0 Å². The largest absolute Gasteiger partial charge is 0.772 e. The molecular weight excluding hydrogens is 488 g/mol. The molecule has 0 saturated carbocycles. The SMILES string of the molecule is CC(C)c1noc(N2CCC(COc3nc4ccc(-c5ccc(CS(=O)[O-])nc5)nc4s3)CC2)n1. The summed E-state index contributed by atoms with van der Waals surface area (Å²) in [5, 5.41) is 4.66. The van der Waals surface area contributed by atoms with Gasteiger partial charge in [-0.1, -0.05) is 30.3 Å². The van der Waals surface area contributed by atoms with Crippen LogP contribution in [-0.2, 0) is 16.8 Å². The van der Waals surface area contributed by atoms with Crippen molar-refractivity contribution < 1.29 is 18.0 Å². The van der Waals surface area contributed by atoms with Crippen molar-refractivity contribution >= 4 is 38.8 Å². The molecule has 1 atom stereocenters. The van der Waals surface area contributed by atoms with Gasteiger partial charge in [0.15, 0.2) is 5.82 Å². The van der Waals surface area contributed by atoms with Gasteiger partial charge in [-0.3, -0.25) is 9.19 Å². The quantitative estimate of drug-likeness (QED) is 0.319. The normalized spacial score (nSPS) is 15.7.